The van der Waals surface area contributed by atoms with Crippen LogP contribution in [0.15, 0.2) is 46.3 Å². The van der Waals surface area contributed by atoms with Crippen LogP contribution in [0.3, 0.4) is 0 Å². The Bertz CT molecular complexity index is 878. The van der Waals surface area contributed by atoms with E-state index in [1.165, 1.54) is 17.0 Å². The number of rotatable bonds is 4. The molecule has 3 heterocycles. The van der Waals surface area contributed by atoms with Crippen LogP contribution >= 0.6 is 11.3 Å². The highest BCUT2D eigenvalue weighted by molar-refractivity contribution is 7.09. The van der Waals surface area contributed by atoms with Gasteiger partial charge < -0.3 is 9.42 Å². The van der Waals surface area contributed by atoms with Gasteiger partial charge in [0.25, 0.3) is 5.91 Å². The van der Waals surface area contributed by atoms with Gasteiger partial charge in [-0.2, -0.15) is 4.98 Å². The first-order chi connectivity index (χ1) is 12.2. The van der Waals surface area contributed by atoms with Gasteiger partial charge in [-0.05, 0) is 30.0 Å². The number of carbonyl (C=O) groups excluding carboxylic acids is 1. The minimum absolute atomic E-state index is 0.000286. The molecule has 5 nitrogen and oxygen atoms in total. The highest BCUT2D eigenvalue weighted by atomic mass is 32.1. The Balaban J connectivity index is 1.43. The third kappa shape index (κ3) is 3.32. The highest BCUT2D eigenvalue weighted by Gasteiger charge is 2.32. The molecule has 1 fully saturated rings. The molecule has 25 heavy (non-hydrogen) atoms. The van der Waals surface area contributed by atoms with Gasteiger partial charge in [-0.1, -0.05) is 23.4 Å². The Morgan fingerprint density at radius 1 is 1.32 bits per heavy atom. The summed E-state index contributed by atoms with van der Waals surface area (Å²) >= 11 is 1.65. The molecule has 7 heteroatoms. The van der Waals surface area contributed by atoms with E-state index in [1.54, 1.807) is 28.4 Å². The van der Waals surface area contributed by atoms with Crippen LogP contribution in [0.2, 0.25) is 0 Å². The molecule has 1 atom stereocenters. The molecule has 0 spiro atoms. The number of nitrogens with zero attached hydrogens (tertiary/aromatic N) is 3. The standard InChI is InChI=1S/C18H16FN3O2S/c19-15-6-2-1-5-14(15)18(23)22-8-7-12(11-22)17-20-16(21-24-17)10-13-4-3-9-25-13/h1-6,9,12H,7-8,10-11H2. The van der Waals surface area contributed by atoms with Crippen LogP contribution in [-0.2, 0) is 6.42 Å². The number of carbonyl (C=O) groups is 1. The smallest absolute Gasteiger partial charge is 0.256 e. The van der Waals surface area contributed by atoms with Crippen LogP contribution in [-0.4, -0.2) is 34.0 Å². The van der Waals surface area contributed by atoms with Crippen molar-refractivity contribution < 1.29 is 13.7 Å². The van der Waals surface area contributed by atoms with Crippen LogP contribution in [0, 0.1) is 5.82 Å². The number of likely N-dealkylation sites (tertiary alicyclic amines) is 1. The van der Waals surface area contributed by atoms with Crippen molar-refractivity contribution in [3.8, 4) is 0 Å². The first-order valence-corrected chi connectivity index (χ1v) is 8.97. The molecule has 128 valence electrons. The Morgan fingerprint density at radius 3 is 3.00 bits per heavy atom. The van der Waals surface area contributed by atoms with Crippen molar-refractivity contribution >= 4 is 17.2 Å². The molecule has 0 bridgehead atoms. The van der Waals surface area contributed by atoms with E-state index in [0.717, 1.165) is 6.42 Å². The fourth-order valence-corrected chi connectivity index (χ4v) is 3.73. The molecule has 0 aliphatic carbocycles. The van der Waals surface area contributed by atoms with Crippen molar-refractivity contribution in [3.05, 3.63) is 69.8 Å². The Morgan fingerprint density at radius 2 is 2.20 bits per heavy atom. The summed E-state index contributed by atoms with van der Waals surface area (Å²) in [5.74, 6) is 0.415. The number of thiophene rings is 1. The zero-order chi connectivity index (χ0) is 17.2. The second-order valence-corrected chi connectivity index (χ2v) is 7.05. The van der Waals surface area contributed by atoms with Crippen molar-refractivity contribution in [2.24, 2.45) is 0 Å². The second-order valence-electron chi connectivity index (χ2n) is 6.02. The predicted molar refractivity (Wildman–Crippen MR) is 91.1 cm³/mol. The molecule has 1 aromatic carbocycles. The molecule has 1 aliphatic rings. The maximum Gasteiger partial charge on any atom is 0.256 e. The number of amides is 1. The molecule has 3 aromatic rings. The van der Waals surface area contributed by atoms with Gasteiger partial charge in [0.1, 0.15) is 5.82 Å². The molecule has 1 aliphatic heterocycles. The van der Waals surface area contributed by atoms with Crippen LogP contribution in [0.25, 0.3) is 0 Å². The normalized spacial score (nSPS) is 17.2. The summed E-state index contributed by atoms with van der Waals surface area (Å²) in [5.41, 5.74) is 0.104. The average Bonchev–Trinajstić information content (AvgIpc) is 3.36. The second kappa shape index (κ2) is 6.76. The summed E-state index contributed by atoms with van der Waals surface area (Å²) in [4.78, 5) is 19.8. The Hall–Kier alpha value is -2.54. The van der Waals surface area contributed by atoms with Crippen LogP contribution in [0.1, 0.15) is 39.3 Å². The number of halogens is 1. The van der Waals surface area contributed by atoms with Gasteiger partial charge in [0.2, 0.25) is 5.89 Å². The van der Waals surface area contributed by atoms with E-state index in [1.807, 2.05) is 17.5 Å². The molecule has 1 unspecified atom stereocenters. The van der Waals surface area contributed by atoms with Gasteiger partial charge in [-0.25, -0.2) is 4.39 Å². The molecule has 0 radical (unpaired) electrons. The van der Waals surface area contributed by atoms with Gasteiger partial charge in [0.05, 0.1) is 11.5 Å². The summed E-state index contributed by atoms with van der Waals surface area (Å²) in [5, 5.41) is 6.05. The monoisotopic (exact) mass is 357 g/mol. The topological polar surface area (TPSA) is 59.2 Å². The summed E-state index contributed by atoms with van der Waals surface area (Å²) in [6.07, 6.45) is 1.38. The van der Waals surface area contributed by atoms with E-state index in [-0.39, 0.29) is 17.4 Å². The van der Waals surface area contributed by atoms with Crippen molar-refractivity contribution in [1.82, 2.24) is 15.0 Å². The summed E-state index contributed by atoms with van der Waals surface area (Å²) < 4.78 is 19.2. The number of aromatic nitrogens is 2. The average molecular weight is 357 g/mol. The molecule has 1 saturated heterocycles. The molecule has 1 amide bonds. The number of hydrogen-bond acceptors (Lipinski definition) is 5. The van der Waals surface area contributed by atoms with Crippen molar-refractivity contribution in [3.63, 3.8) is 0 Å². The lowest BCUT2D eigenvalue weighted by atomic mass is 10.1. The molecule has 4 rings (SSSR count). The van der Waals surface area contributed by atoms with Crippen molar-refractivity contribution in [2.45, 2.75) is 18.8 Å². The van der Waals surface area contributed by atoms with E-state index >= 15 is 0 Å². The summed E-state index contributed by atoms with van der Waals surface area (Å²) in [7, 11) is 0. The molecular weight excluding hydrogens is 341 g/mol. The predicted octanol–water partition coefficient (Wildman–Crippen LogP) is 3.49. The maximum absolute atomic E-state index is 13.8. The Kier molecular flexibility index (Phi) is 4.31. The Labute approximate surface area is 148 Å². The van der Waals surface area contributed by atoms with Gasteiger partial charge in [0.15, 0.2) is 5.82 Å². The van der Waals surface area contributed by atoms with Crippen LogP contribution in [0.4, 0.5) is 4.39 Å². The van der Waals surface area contributed by atoms with E-state index < -0.39 is 5.82 Å². The quantitative estimate of drug-likeness (QED) is 0.717. The fraction of sp³-hybridized carbons (Fsp3) is 0.278. The largest absolute Gasteiger partial charge is 0.339 e. The minimum atomic E-state index is -0.494. The molecular formula is C18H16FN3O2S. The van der Waals surface area contributed by atoms with Gasteiger partial charge >= 0.3 is 0 Å². The fourth-order valence-electron chi connectivity index (χ4n) is 3.03. The van der Waals surface area contributed by atoms with Gasteiger partial charge in [-0.15, -0.1) is 11.3 Å². The summed E-state index contributed by atoms with van der Waals surface area (Å²) in [6.45, 7) is 1.02. The van der Waals surface area contributed by atoms with E-state index in [4.69, 9.17) is 4.52 Å². The van der Waals surface area contributed by atoms with Crippen LogP contribution in [0.5, 0.6) is 0 Å². The SMILES string of the molecule is O=C(c1ccccc1F)N1CCC(c2nc(Cc3cccs3)no2)C1. The van der Waals surface area contributed by atoms with Gasteiger partial charge in [0, 0.05) is 24.4 Å². The van der Waals surface area contributed by atoms with Crippen molar-refractivity contribution in [2.75, 3.05) is 13.1 Å². The minimum Gasteiger partial charge on any atom is -0.339 e. The third-order valence-electron chi connectivity index (χ3n) is 4.33. The zero-order valence-corrected chi connectivity index (χ0v) is 14.2. The van der Waals surface area contributed by atoms with Crippen molar-refractivity contribution in [1.29, 1.82) is 0 Å². The zero-order valence-electron chi connectivity index (χ0n) is 13.4. The first-order valence-electron chi connectivity index (χ1n) is 8.09. The lowest BCUT2D eigenvalue weighted by molar-refractivity contribution is 0.0785. The van der Waals surface area contributed by atoms with E-state index in [0.29, 0.717) is 31.2 Å². The molecule has 0 N–H and O–H groups in total. The lowest BCUT2D eigenvalue weighted by Gasteiger charge is -2.16. The van der Waals surface area contributed by atoms with E-state index in [9.17, 15) is 9.18 Å². The molecule has 2 aromatic heterocycles. The molecule has 0 saturated carbocycles. The van der Waals surface area contributed by atoms with Gasteiger partial charge in [-0.3, -0.25) is 4.79 Å². The highest BCUT2D eigenvalue weighted by Crippen LogP contribution is 2.28. The maximum atomic E-state index is 13.8. The third-order valence-corrected chi connectivity index (χ3v) is 5.20. The number of hydrogen-bond donors (Lipinski definition) is 0. The summed E-state index contributed by atoms with van der Waals surface area (Å²) in [6, 6.07) is 10.1. The van der Waals surface area contributed by atoms with Crippen LogP contribution < -0.4 is 0 Å². The number of benzene rings is 1. The van der Waals surface area contributed by atoms with E-state index in [2.05, 4.69) is 10.1 Å². The first kappa shape index (κ1) is 16.0. The lowest BCUT2D eigenvalue weighted by Crippen LogP contribution is -2.29.